The van der Waals surface area contributed by atoms with Gasteiger partial charge in [0.2, 0.25) is 0 Å². The van der Waals surface area contributed by atoms with Gasteiger partial charge < -0.3 is 0 Å². The van der Waals surface area contributed by atoms with E-state index < -0.39 is 0 Å². The Bertz CT molecular complexity index is 524. The van der Waals surface area contributed by atoms with Crippen LogP contribution in [0.5, 0.6) is 0 Å². The van der Waals surface area contributed by atoms with Gasteiger partial charge in [-0.3, -0.25) is 0 Å². The van der Waals surface area contributed by atoms with E-state index in [1.807, 2.05) is 24.3 Å². The van der Waals surface area contributed by atoms with Gasteiger partial charge in [-0.2, -0.15) is 0 Å². The Morgan fingerprint density at radius 2 is 1.71 bits per heavy atom. The average Bonchev–Trinajstić information content (AvgIpc) is 2.27. The largest absolute Gasteiger partial charge is 0.0843 e. The third-order valence-corrected chi connectivity index (χ3v) is 3.25. The second-order valence-corrected chi connectivity index (χ2v) is 5.05. The number of rotatable bonds is 2. The molecule has 0 heterocycles. The summed E-state index contributed by atoms with van der Waals surface area (Å²) in [5.74, 6) is 0. The molecule has 0 N–H and O–H groups in total. The van der Waals surface area contributed by atoms with E-state index in [1.54, 1.807) is 0 Å². The third kappa shape index (κ3) is 2.83. The highest BCUT2D eigenvalue weighted by Gasteiger charge is 2.06. The number of benzene rings is 2. The van der Waals surface area contributed by atoms with Crippen LogP contribution in [0.4, 0.5) is 0 Å². The normalized spacial score (nSPS) is 10.6. The molecule has 0 radical (unpaired) electrons. The average molecular weight is 265 g/mol. The molecule has 0 aliphatic rings. The van der Waals surface area contributed by atoms with Crippen LogP contribution in [-0.2, 0) is 6.42 Å². The minimum Gasteiger partial charge on any atom is -0.0843 e. The molecule has 2 rings (SSSR count). The van der Waals surface area contributed by atoms with Gasteiger partial charge in [-0.25, -0.2) is 0 Å². The zero-order chi connectivity index (χ0) is 12.4. The Kier molecular flexibility index (Phi) is 3.76. The van der Waals surface area contributed by atoms with Gasteiger partial charge in [-0.1, -0.05) is 42.3 Å². The lowest BCUT2D eigenvalue weighted by Gasteiger charge is -2.10. The summed E-state index contributed by atoms with van der Waals surface area (Å²) in [5, 5.41) is 1.56. The molecule has 0 aliphatic heterocycles. The summed E-state index contributed by atoms with van der Waals surface area (Å²) in [6, 6.07) is 12.1. The zero-order valence-electron chi connectivity index (χ0n) is 9.93. The number of hydrogen-bond donors (Lipinski definition) is 0. The molecule has 0 saturated heterocycles. The topological polar surface area (TPSA) is 0 Å². The van der Waals surface area contributed by atoms with Gasteiger partial charge in [-0.15, -0.1) is 0 Å². The van der Waals surface area contributed by atoms with E-state index in [2.05, 4.69) is 26.0 Å². The number of hydrogen-bond acceptors (Lipinski definition) is 0. The molecule has 0 spiro atoms. The van der Waals surface area contributed by atoms with Crippen molar-refractivity contribution in [2.45, 2.75) is 20.3 Å². The highest BCUT2D eigenvalue weighted by molar-refractivity contribution is 6.31. The van der Waals surface area contributed by atoms with E-state index >= 15 is 0 Å². The van der Waals surface area contributed by atoms with Gasteiger partial charge in [-0.05, 0) is 59.9 Å². The predicted octanol–water partition coefficient (Wildman–Crippen LogP) is 5.53. The summed E-state index contributed by atoms with van der Waals surface area (Å²) in [6.07, 6.45) is 0.960. The monoisotopic (exact) mass is 264 g/mol. The van der Waals surface area contributed by atoms with Crippen LogP contribution in [0, 0.1) is 6.92 Å². The van der Waals surface area contributed by atoms with Crippen LogP contribution in [0.15, 0.2) is 36.4 Å². The summed E-state index contributed by atoms with van der Waals surface area (Å²) in [4.78, 5) is 0. The summed E-state index contributed by atoms with van der Waals surface area (Å²) in [5.41, 5.74) is 4.79. The first-order valence-corrected chi connectivity index (χ1v) is 6.41. The number of aryl methyl sites for hydroxylation is 2. The predicted molar refractivity (Wildman–Crippen MR) is 76.0 cm³/mol. The molecule has 2 aromatic carbocycles. The van der Waals surface area contributed by atoms with Crippen molar-refractivity contribution in [3.8, 4) is 11.1 Å². The lowest BCUT2D eigenvalue weighted by Crippen LogP contribution is -1.88. The fourth-order valence-corrected chi connectivity index (χ4v) is 2.51. The molecule has 0 aliphatic carbocycles. The molecule has 17 heavy (non-hydrogen) atoms. The maximum absolute atomic E-state index is 6.10. The van der Waals surface area contributed by atoms with Crippen molar-refractivity contribution in [3.05, 3.63) is 57.6 Å². The summed E-state index contributed by atoms with van der Waals surface area (Å²) in [7, 11) is 0. The summed E-state index contributed by atoms with van der Waals surface area (Å²) >= 11 is 12.1. The molecule has 0 saturated carbocycles. The Morgan fingerprint density at radius 1 is 0.941 bits per heavy atom. The molecule has 0 atom stereocenters. The van der Waals surface area contributed by atoms with Crippen LogP contribution in [0.25, 0.3) is 11.1 Å². The molecule has 0 nitrogen and oxygen atoms in total. The smallest absolute Gasteiger partial charge is 0.0414 e. The van der Waals surface area contributed by atoms with Crippen LogP contribution in [0.1, 0.15) is 18.1 Å². The summed E-state index contributed by atoms with van der Waals surface area (Å²) in [6.45, 7) is 4.18. The van der Waals surface area contributed by atoms with Crippen LogP contribution in [0.2, 0.25) is 10.0 Å². The van der Waals surface area contributed by atoms with Gasteiger partial charge in [0, 0.05) is 10.0 Å². The van der Waals surface area contributed by atoms with Crippen molar-refractivity contribution in [1.82, 2.24) is 0 Å². The SMILES string of the molecule is CCc1cc(Cl)ccc1-c1cc(C)cc(Cl)c1. The van der Waals surface area contributed by atoms with Crippen LogP contribution >= 0.6 is 23.2 Å². The second kappa shape index (κ2) is 5.12. The van der Waals surface area contributed by atoms with Crippen molar-refractivity contribution >= 4 is 23.2 Å². The quantitative estimate of drug-likeness (QED) is 0.669. The van der Waals surface area contributed by atoms with Crippen LogP contribution in [0.3, 0.4) is 0 Å². The van der Waals surface area contributed by atoms with Crippen LogP contribution in [-0.4, -0.2) is 0 Å². The van der Waals surface area contributed by atoms with Crippen molar-refractivity contribution in [2.75, 3.05) is 0 Å². The standard InChI is InChI=1S/C15H14Cl2/c1-3-11-8-13(16)4-5-15(11)12-6-10(2)7-14(17)9-12/h4-9H,3H2,1-2H3. The van der Waals surface area contributed by atoms with E-state index in [9.17, 15) is 0 Å². The van der Waals surface area contributed by atoms with Crippen molar-refractivity contribution in [3.63, 3.8) is 0 Å². The van der Waals surface area contributed by atoms with Gasteiger partial charge in [0.1, 0.15) is 0 Å². The first-order valence-electron chi connectivity index (χ1n) is 5.66. The van der Waals surface area contributed by atoms with Crippen molar-refractivity contribution in [2.24, 2.45) is 0 Å². The fourth-order valence-electron chi connectivity index (χ4n) is 2.03. The minimum atomic E-state index is 0.775. The van der Waals surface area contributed by atoms with E-state index in [0.29, 0.717) is 0 Å². The lowest BCUT2D eigenvalue weighted by molar-refractivity contribution is 1.14. The molecule has 2 aromatic rings. The molecule has 88 valence electrons. The van der Waals surface area contributed by atoms with Gasteiger partial charge in [0.05, 0.1) is 0 Å². The Morgan fingerprint density at radius 3 is 2.35 bits per heavy atom. The maximum atomic E-state index is 6.10. The summed E-state index contributed by atoms with van der Waals surface area (Å²) < 4.78 is 0. The molecule has 0 fully saturated rings. The maximum Gasteiger partial charge on any atom is 0.0414 e. The fraction of sp³-hybridized carbons (Fsp3) is 0.200. The Labute approximate surface area is 112 Å². The van der Waals surface area contributed by atoms with Gasteiger partial charge in [0.25, 0.3) is 0 Å². The third-order valence-electron chi connectivity index (χ3n) is 2.80. The van der Waals surface area contributed by atoms with E-state index in [1.165, 1.54) is 16.7 Å². The Hall–Kier alpha value is -0.980. The molecule has 0 aromatic heterocycles. The Balaban J connectivity index is 2.59. The lowest BCUT2D eigenvalue weighted by atomic mass is 9.97. The first kappa shape index (κ1) is 12.5. The van der Waals surface area contributed by atoms with Gasteiger partial charge >= 0.3 is 0 Å². The van der Waals surface area contributed by atoms with Crippen molar-refractivity contribution < 1.29 is 0 Å². The van der Waals surface area contributed by atoms with E-state index in [-0.39, 0.29) is 0 Å². The van der Waals surface area contributed by atoms with Crippen molar-refractivity contribution in [1.29, 1.82) is 0 Å². The van der Waals surface area contributed by atoms with E-state index in [4.69, 9.17) is 23.2 Å². The molecule has 0 amide bonds. The molecule has 0 unspecified atom stereocenters. The molecular formula is C15H14Cl2. The van der Waals surface area contributed by atoms with Gasteiger partial charge in [0.15, 0.2) is 0 Å². The number of halogens is 2. The molecule has 2 heteroatoms. The molecule has 0 bridgehead atoms. The molecular weight excluding hydrogens is 251 g/mol. The second-order valence-electron chi connectivity index (χ2n) is 4.17. The zero-order valence-corrected chi connectivity index (χ0v) is 11.4. The highest BCUT2D eigenvalue weighted by Crippen LogP contribution is 2.29. The highest BCUT2D eigenvalue weighted by atomic mass is 35.5. The first-order chi connectivity index (χ1) is 8.10. The van der Waals surface area contributed by atoms with E-state index in [0.717, 1.165) is 22.0 Å². The minimum absolute atomic E-state index is 0.775. The van der Waals surface area contributed by atoms with Crippen LogP contribution < -0.4 is 0 Å².